The summed E-state index contributed by atoms with van der Waals surface area (Å²) in [7, 11) is 0. The molecule has 0 radical (unpaired) electrons. The van der Waals surface area contributed by atoms with Crippen LogP contribution in [-0.2, 0) is 11.2 Å². The van der Waals surface area contributed by atoms with Crippen LogP contribution in [0.4, 0.5) is 0 Å². The molecule has 0 unspecified atom stereocenters. The summed E-state index contributed by atoms with van der Waals surface area (Å²) in [6.07, 6.45) is 2.70. The highest BCUT2D eigenvalue weighted by Crippen LogP contribution is 2.32. The summed E-state index contributed by atoms with van der Waals surface area (Å²) in [6.45, 7) is 0.754. The first-order valence-corrected chi connectivity index (χ1v) is 10.3. The molecule has 3 aromatic heterocycles. The van der Waals surface area contributed by atoms with E-state index < -0.39 is 0 Å². The predicted octanol–water partition coefficient (Wildman–Crippen LogP) is 3.97. The molecule has 0 aliphatic carbocycles. The average Bonchev–Trinajstić information content (AvgIpc) is 3.50. The number of nitrogens with one attached hydrogen (secondary N) is 1. The number of carbonyl (C=O) groups excluding carboxylic acids is 1. The van der Waals surface area contributed by atoms with E-state index in [1.165, 1.54) is 0 Å². The maximum Gasteiger partial charge on any atom is 0.227 e. The number of amides is 1. The zero-order valence-electron chi connectivity index (χ0n) is 15.2. The van der Waals surface area contributed by atoms with Crippen molar-refractivity contribution < 1.29 is 9.32 Å². The van der Waals surface area contributed by atoms with Gasteiger partial charge in [0, 0.05) is 30.3 Å². The Hall–Kier alpha value is -3.00. The Bertz CT molecular complexity index is 1070. The molecule has 4 aromatic rings. The highest BCUT2D eigenvalue weighted by molar-refractivity contribution is 7.08. The molecule has 1 amide bonds. The summed E-state index contributed by atoms with van der Waals surface area (Å²) < 4.78 is 5.31. The minimum atomic E-state index is 0.00366. The number of para-hydroxylation sites is 2. The summed E-state index contributed by atoms with van der Waals surface area (Å²) in [5.74, 6) is 2.03. The number of fused-ring (bicyclic) bond motifs is 1. The largest absolute Gasteiger partial charge is 0.340 e. The number of hydrogen-bond donors (Lipinski definition) is 1. The number of rotatable bonds is 5. The van der Waals surface area contributed by atoms with Gasteiger partial charge < -0.3 is 14.4 Å². The molecule has 4 heterocycles. The summed E-state index contributed by atoms with van der Waals surface area (Å²) in [6, 6.07) is 9.90. The van der Waals surface area contributed by atoms with Crippen LogP contribution in [0.15, 0.2) is 45.6 Å². The third-order valence-corrected chi connectivity index (χ3v) is 5.78. The maximum absolute atomic E-state index is 12.8. The van der Waals surface area contributed by atoms with Crippen molar-refractivity contribution >= 4 is 28.3 Å². The van der Waals surface area contributed by atoms with E-state index in [4.69, 9.17) is 4.52 Å². The molecule has 1 aliphatic heterocycles. The lowest BCUT2D eigenvalue weighted by Gasteiger charge is -2.23. The Morgan fingerprint density at radius 1 is 1.29 bits per heavy atom. The predicted molar refractivity (Wildman–Crippen MR) is 106 cm³/mol. The molecule has 1 saturated heterocycles. The second-order valence-electron chi connectivity index (χ2n) is 6.91. The van der Waals surface area contributed by atoms with Crippen molar-refractivity contribution in [2.24, 2.45) is 0 Å². The highest BCUT2D eigenvalue weighted by atomic mass is 32.1. The number of nitrogens with zero attached hydrogens (tertiary/aromatic N) is 4. The molecule has 1 fully saturated rings. The van der Waals surface area contributed by atoms with Crippen LogP contribution < -0.4 is 0 Å². The molecule has 1 aliphatic rings. The number of aryl methyl sites for hydroxylation is 1. The number of aromatic amines is 1. The van der Waals surface area contributed by atoms with E-state index in [2.05, 4.69) is 20.1 Å². The molecule has 5 rings (SSSR count). The van der Waals surface area contributed by atoms with Crippen LogP contribution >= 0.6 is 11.3 Å². The van der Waals surface area contributed by atoms with Gasteiger partial charge in [0.25, 0.3) is 0 Å². The average molecular weight is 393 g/mol. The summed E-state index contributed by atoms with van der Waals surface area (Å²) in [5, 5.41) is 7.95. The van der Waals surface area contributed by atoms with Gasteiger partial charge in [0.1, 0.15) is 5.82 Å². The zero-order valence-corrected chi connectivity index (χ0v) is 16.0. The molecular formula is C20H19N5O2S. The fraction of sp³-hybridized carbons (Fsp3) is 0.300. The van der Waals surface area contributed by atoms with Gasteiger partial charge in [0.05, 0.1) is 17.1 Å². The van der Waals surface area contributed by atoms with Gasteiger partial charge in [-0.05, 0) is 36.4 Å². The number of hydrogen-bond acceptors (Lipinski definition) is 6. The van der Waals surface area contributed by atoms with Gasteiger partial charge in [-0.1, -0.05) is 17.3 Å². The van der Waals surface area contributed by atoms with E-state index in [-0.39, 0.29) is 11.9 Å². The lowest BCUT2D eigenvalue weighted by Crippen LogP contribution is -2.31. The van der Waals surface area contributed by atoms with Crippen LogP contribution in [0.1, 0.15) is 37.0 Å². The maximum atomic E-state index is 12.8. The third kappa shape index (κ3) is 3.20. The van der Waals surface area contributed by atoms with E-state index in [0.29, 0.717) is 24.6 Å². The molecule has 1 aromatic carbocycles. The van der Waals surface area contributed by atoms with Crippen molar-refractivity contribution in [3.63, 3.8) is 0 Å². The zero-order chi connectivity index (χ0) is 18.9. The number of imidazole rings is 1. The lowest BCUT2D eigenvalue weighted by atomic mass is 10.2. The number of benzene rings is 1. The third-order valence-electron chi connectivity index (χ3n) is 5.10. The number of likely N-dealkylation sites (tertiary alicyclic amines) is 1. The Balaban J connectivity index is 1.27. The van der Waals surface area contributed by atoms with Crippen molar-refractivity contribution in [2.75, 3.05) is 6.54 Å². The minimum Gasteiger partial charge on any atom is -0.340 e. The molecular weight excluding hydrogens is 374 g/mol. The first-order valence-electron chi connectivity index (χ1n) is 9.37. The Morgan fingerprint density at radius 3 is 3.07 bits per heavy atom. The first-order chi connectivity index (χ1) is 13.8. The van der Waals surface area contributed by atoms with Crippen LogP contribution in [-0.4, -0.2) is 37.5 Å². The summed E-state index contributed by atoms with van der Waals surface area (Å²) >= 11 is 1.59. The van der Waals surface area contributed by atoms with Crippen molar-refractivity contribution in [3.05, 3.63) is 52.8 Å². The molecule has 0 saturated carbocycles. The standard InChI is InChI=1S/C20H19N5O2S/c26-18(8-7-17-23-19(24-27-17)13-9-11-28-12-13)25-10-3-6-16(25)20-21-14-4-1-2-5-15(14)22-20/h1-2,4-5,9,11-12,16H,3,6-8,10H2,(H,21,22)/t16-/m0/s1. The van der Waals surface area contributed by atoms with Crippen molar-refractivity contribution in [1.29, 1.82) is 0 Å². The highest BCUT2D eigenvalue weighted by Gasteiger charge is 2.32. The smallest absolute Gasteiger partial charge is 0.227 e. The molecule has 7 nitrogen and oxygen atoms in total. The Kier molecular flexibility index (Phi) is 4.40. The number of thiophene rings is 1. The molecule has 142 valence electrons. The molecule has 1 N–H and O–H groups in total. The fourth-order valence-electron chi connectivity index (χ4n) is 3.70. The summed E-state index contributed by atoms with van der Waals surface area (Å²) in [4.78, 5) is 27.2. The van der Waals surface area contributed by atoms with Crippen LogP contribution in [0, 0.1) is 0 Å². The second-order valence-corrected chi connectivity index (χ2v) is 7.69. The quantitative estimate of drug-likeness (QED) is 0.554. The number of H-pyrrole nitrogens is 1. The van der Waals surface area contributed by atoms with Gasteiger partial charge in [-0.25, -0.2) is 4.98 Å². The van der Waals surface area contributed by atoms with Gasteiger partial charge in [-0.15, -0.1) is 0 Å². The van der Waals surface area contributed by atoms with Crippen LogP contribution in [0.5, 0.6) is 0 Å². The topological polar surface area (TPSA) is 87.9 Å². The monoisotopic (exact) mass is 393 g/mol. The van der Waals surface area contributed by atoms with Crippen molar-refractivity contribution in [1.82, 2.24) is 25.0 Å². The van der Waals surface area contributed by atoms with Crippen molar-refractivity contribution in [2.45, 2.75) is 31.7 Å². The Labute approximate surface area is 165 Å². The fourth-order valence-corrected chi connectivity index (χ4v) is 4.34. The molecule has 0 bridgehead atoms. The van der Waals surface area contributed by atoms with Crippen LogP contribution in [0.25, 0.3) is 22.4 Å². The molecule has 0 spiro atoms. The summed E-state index contributed by atoms with van der Waals surface area (Å²) in [5.41, 5.74) is 2.88. The Morgan fingerprint density at radius 2 is 2.21 bits per heavy atom. The normalized spacial score (nSPS) is 16.9. The van der Waals surface area contributed by atoms with Crippen LogP contribution in [0.2, 0.25) is 0 Å². The van der Waals surface area contributed by atoms with E-state index in [0.717, 1.165) is 41.8 Å². The minimum absolute atomic E-state index is 0.00366. The number of aromatic nitrogens is 4. The second kappa shape index (κ2) is 7.20. The van der Waals surface area contributed by atoms with Gasteiger partial charge >= 0.3 is 0 Å². The van der Waals surface area contributed by atoms with Gasteiger partial charge in [0.2, 0.25) is 17.6 Å². The van der Waals surface area contributed by atoms with E-state index in [1.807, 2.05) is 46.0 Å². The van der Waals surface area contributed by atoms with E-state index in [9.17, 15) is 4.79 Å². The van der Waals surface area contributed by atoms with Gasteiger partial charge in [0.15, 0.2) is 0 Å². The lowest BCUT2D eigenvalue weighted by molar-refractivity contribution is -0.132. The molecule has 28 heavy (non-hydrogen) atoms. The molecule has 8 heteroatoms. The first kappa shape index (κ1) is 17.1. The van der Waals surface area contributed by atoms with Gasteiger partial charge in [-0.2, -0.15) is 16.3 Å². The van der Waals surface area contributed by atoms with Gasteiger partial charge in [-0.3, -0.25) is 4.79 Å². The van der Waals surface area contributed by atoms with E-state index >= 15 is 0 Å². The molecule has 1 atom stereocenters. The van der Waals surface area contributed by atoms with E-state index in [1.54, 1.807) is 11.3 Å². The SMILES string of the molecule is O=C(CCc1nc(-c2ccsc2)no1)N1CCC[C@H]1c1nc2ccccc2[nH]1. The van der Waals surface area contributed by atoms with Crippen molar-refractivity contribution in [3.8, 4) is 11.4 Å². The van der Waals surface area contributed by atoms with Crippen LogP contribution in [0.3, 0.4) is 0 Å². The number of carbonyl (C=O) groups is 1.